The molecule has 230 valence electrons. The monoisotopic (exact) mass is 613 g/mol. The number of aromatic nitrogens is 3. The fourth-order valence-electron chi connectivity index (χ4n) is 6.24. The van der Waals surface area contributed by atoms with E-state index < -0.39 is 5.97 Å². The third kappa shape index (κ3) is 6.12. The Bertz CT molecular complexity index is 1810. The molecule has 0 atom stereocenters. The van der Waals surface area contributed by atoms with Crippen molar-refractivity contribution in [3.63, 3.8) is 0 Å². The highest BCUT2D eigenvalue weighted by atomic mass is 35.5. The van der Waals surface area contributed by atoms with Crippen LogP contribution in [-0.4, -0.2) is 43.7 Å². The zero-order valence-electron chi connectivity index (χ0n) is 25.6. The molecule has 0 saturated carbocycles. The molecule has 2 aromatic heterocycles. The van der Waals surface area contributed by atoms with E-state index in [1.54, 1.807) is 0 Å². The molecule has 3 aromatic carbocycles. The first-order valence-electron chi connectivity index (χ1n) is 15.4. The summed E-state index contributed by atoms with van der Waals surface area (Å²) in [6.45, 7) is 5.17. The van der Waals surface area contributed by atoms with Crippen LogP contribution < -0.4 is 4.74 Å². The van der Waals surface area contributed by atoms with Gasteiger partial charge in [-0.2, -0.15) is 5.10 Å². The van der Waals surface area contributed by atoms with Gasteiger partial charge in [-0.3, -0.25) is 4.68 Å². The first-order chi connectivity index (χ1) is 21.4. The van der Waals surface area contributed by atoms with E-state index >= 15 is 0 Å². The highest BCUT2D eigenvalue weighted by molar-refractivity contribution is 6.35. The summed E-state index contributed by atoms with van der Waals surface area (Å²) in [7, 11) is 1.93. The van der Waals surface area contributed by atoms with Crippen molar-refractivity contribution < 1.29 is 19.7 Å². The third-order valence-electron chi connectivity index (χ3n) is 8.21. The van der Waals surface area contributed by atoms with Gasteiger partial charge in [0.1, 0.15) is 11.4 Å². The summed E-state index contributed by atoms with van der Waals surface area (Å²) in [5, 5.41) is 28.1. The van der Waals surface area contributed by atoms with E-state index in [2.05, 4.69) is 31.2 Å². The largest absolute Gasteiger partial charge is 0.493 e. The van der Waals surface area contributed by atoms with Crippen LogP contribution in [-0.2, 0) is 26.4 Å². The molecular formula is C36H40ClN3O4. The Balaban J connectivity index is 1.55. The number of rotatable bonds is 14. The average Bonchev–Trinajstić information content (AvgIpc) is 3.52. The highest BCUT2D eigenvalue weighted by Crippen LogP contribution is 2.43. The van der Waals surface area contributed by atoms with Gasteiger partial charge in [0, 0.05) is 47.8 Å². The molecule has 0 bridgehead atoms. The van der Waals surface area contributed by atoms with Crippen molar-refractivity contribution >= 4 is 45.3 Å². The minimum absolute atomic E-state index is 0.178. The standard InChI is InChI=1S/C36H40ClN3O4/c1-4-30-33(29(38-39(30)3)18-8-6-7-11-22-41)32-28(37)21-20-27-26(35(36(42)43)40(5-2)34(27)32)17-13-23-44-31-19-12-15-24-14-9-10-16-25(24)31/h8-10,12,14-16,18-21,41H,4-7,11,13,17,22-23H2,1-3H3,(H,42,43)/b18-8+. The Morgan fingerprint density at radius 2 is 1.80 bits per heavy atom. The molecule has 0 saturated heterocycles. The summed E-state index contributed by atoms with van der Waals surface area (Å²) in [6, 6.07) is 18.0. The highest BCUT2D eigenvalue weighted by Gasteiger charge is 2.28. The summed E-state index contributed by atoms with van der Waals surface area (Å²) in [6.07, 6.45) is 8.50. The summed E-state index contributed by atoms with van der Waals surface area (Å²) >= 11 is 6.99. The second-order valence-electron chi connectivity index (χ2n) is 10.9. The van der Waals surface area contributed by atoms with Crippen LogP contribution in [0.15, 0.2) is 60.7 Å². The van der Waals surface area contributed by atoms with Crippen molar-refractivity contribution in [1.82, 2.24) is 14.3 Å². The molecule has 5 aromatic rings. The number of nitrogens with zero attached hydrogens (tertiary/aromatic N) is 3. The minimum Gasteiger partial charge on any atom is -0.493 e. The fraction of sp³-hybridized carbons (Fsp3) is 0.333. The Hall–Kier alpha value is -4.07. The van der Waals surface area contributed by atoms with Crippen LogP contribution in [0, 0.1) is 0 Å². The molecule has 0 aliphatic carbocycles. The van der Waals surface area contributed by atoms with Crippen molar-refractivity contribution in [2.45, 2.75) is 58.9 Å². The minimum atomic E-state index is -0.957. The smallest absolute Gasteiger partial charge is 0.352 e. The number of carbonyl (C=O) groups is 1. The van der Waals surface area contributed by atoms with Gasteiger partial charge in [-0.15, -0.1) is 0 Å². The number of hydrogen-bond donors (Lipinski definition) is 2. The number of benzene rings is 3. The Kier molecular flexibility index (Phi) is 10.1. The van der Waals surface area contributed by atoms with Gasteiger partial charge in [0.25, 0.3) is 0 Å². The molecule has 0 aliphatic rings. The normalized spacial score (nSPS) is 11.8. The van der Waals surface area contributed by atoms with Crippen LogP contribution in [0.1, 0.15) is 67.0 Å². The summed E-state index contributed by atoms with van der Waals surface area (Å²) in [5.74, 6) is -0.131. The molecule has 0 fully saturated rings. The van der Waals surface area contributed by atoms with Gasteiger partial charge >= 0.3 is 5.97 Å². The van der Waals surface area contributed by atoms with E-state index in [9.17, 15) is 9.90 Å². The fourth-order valence-corrected chi connectivity index (χ4v) is 6.49. The topological polar surface area (TPSA) is 89.5 Å². The van der Waals surface area contributed by atoms with Crippen LogP contribution in [0.25, 0.3) is 38.9 Å². The van der Waals surface area contributed by atoms with E-state index in [0.717, 1.165) is 81.2 Å². The SMILES string of the molecule is CCc1c(-c2c(Cl)ccc3c(CCCOc4cccc5ccccc45)c(C(=O)O)n(CC)c23)c(/C=C/CCCCO)nn1C. The van der Waals surface area contributed by atoms with Crippen LogP contribution in [0.2, 0.25) is 5.02 Å². The van der Waals surface area contributed by atoms with E-state index in [1.165, 1.54) is 0 Å². The molecule has 7 nitrogen and oxygen atoms in total. The molecule has 0 aliphatic heterocycles. The summed E-state index contributed by atoms with van der Waals surface area (Å²) < 4.78 is 9.98. The summed E-state index contributed by atoms with van der Waals surface area (Å²) in [5.41, 5.74) is 5.47. The van der Waals surface area contributed by atoms with Gasteiger partial charge in [-0.1, -0.05) is 67.1 Å². The maximum absolute atomic E-state index is 12.8. The third-order valence-corrected chi connectivity index (χ3v) is 8.52. The van der Waals surface area contributed by atoms with E-state index in [0.29, 0.717) is 36.7 Å². The molecule has 0 unspecified atom stereocenters. The average molecular weight is 614 g/mol. The van der Waals surface area contributed by atoms with Crippen molar-refractivity contribution in [2.24, 2.45) is 7.05 Å². The molecule has 2 N–H and O–H groups in total. The number of ether oxygens (including phenoxy) is 1. The lowest BCUT2D eigenvalue weighted by atomic mass is 9.96. The maximum atomic E-state index is 12.8. The predicted octanol–water partition coefficient (Wildman–Crippen LogP) is 8.32. The number of halogens is 1. The van der Waals surface area contributed by atoms with Gasteiger partial charge in [0.2, 0.25) is 0 Å². The molecule has 5 rings (SSSR count). The second-order valence-corrected chi connectivity index (χ2v) is 11.3. The van der Waals surface area contributed by atoms with Gasteiger partial charge in [-0.05, 0) is 74.6 Å². The number of carboxylic acids is 1. The number of fused-ring (bicyclic) bond motifs is 2. The lowest BCUT2D eigenvalue weighted by Gasteiger charge is -2.13. The van der Waals surface area contributed by atoms with Gasteiger partial charge in [0.15, 0.2) is 0 Å². The van der Waals surface area contributed by atoms with Crippen LogP contribution in [0.4, 0.5) is 0 Å². The van der Waals surface area contributed by atoms with Crippen molar-refractivity contribution in [3.8, 4) is 16.9 Å². The van der Waals surface area contributed by atoms with Gasteiger partial charge in [-0.25, -0.2) is 4.79 Å². The lowest BCUT2D eigenvalue weighted by molar-refractivity contribution is 0.0684. The van der Waals surface area contributed by atoms with Crippen LogP contribution in [0.3, 0.4) is 0 Å². The predicted molar refractivity (Wildman–Crippen MR) is 179 cm³/mol. The first kappa shape index (κ1) is 31.4. The molecule has 0 spiro atoms. The van der Waals surface area contributed by atoms with Crippen molar-refractivity contribution in [3.05, 3.63) is 88.3 Å². The number of allylic oxidation sites excluding steroid dienone is 1. The number of aryl methyl sites for hydroxylation is 3. The number of aromatic carboxylic acids is 1. The zero-order valence-corrected chi connectivity index (χ0v) is 26.4. The van der Waals surface area contributed by atoms with Crippen LogP contribution >= 0.6 is 11.6 Å². The molecule has 0 radical (unpaired) electrons. The number of carboxylic acid groups (broad SMARTS) is 1. The summed E-state index contributed by atoms with van der Waals surface area (Å²) in [4.78, 5) is 12.8. The first-order valence-corrected chi connectivity index (χ1v) is 15.8. The second kappa shape index (κ2) is 14.1. The molecule has 44 heavy (non-hydrogen) atoms. The number of aliphatic hydroxyl groups is 1. The van der Waals surface area contributed by atoms with E-state index in [-0.39, 0.29) is 6.61 Å². The lowest BCUT2D eigenvalue weighted by Crippen LogP contribution is -2.10. The quantitative estimate of drug-likeness (QED) is 0.123. The van der Waals surface area contributed by atoms with Gasteiger partial charge < -0.3 is 19.5 Å². The van der Waals surface area contributed by atoms with Gasteiger partial charge in [0.05, 0.1) is 22.8 Å². The van der Waals surface area contributed by atoms with E-state index in [1.807, 2.05) is 65.7 Å². The van der Waals surface area contributed by atoms with Crippen molar-refractivity contribution in [1.29, 1.82) is 0 Å². The number of aliphatic hydroxyl groups excluding tert-OH is 1. The Labute approximate surface area is 263 Å². The van der Waals surface area contributed by atoms with Crippen molar-refractivity contribution in [2.75, 3.05) is 13.2 Å². The molecular weight excluding hydrogens is 574 g/mol. The maximum Gasteiger partial charge on any atom is 0.352 e. The molecule has 8 heteroatoms. The van der Waals surface area contributed by atoms with Crippen LogP contribution in [0.5, 0.6) is 5.75 Å². The Morgan fingerprint density at radius 3 is 2.55 bits per heavy atom. The Morgan fingerprint density at radius 1 is 1.00 bits per heavy atom. The number of hydrogen-bond acceptors (Lipinski definition) is 4. The molecule has 0 amide bonds. The molecule has 2 heterocycles. The number of unbranched alkanes of at least 4 members (excludes halogenated alkanes) is 2. The van der Waals surface area contributed by atoms with E-state index in [4.69, 9.17) is 26.5 Å². The zero-order chi connectivity index (χ0) is 31.2.